The smallest absolute Gasteiger partial charge is 0.323 e. The number of anilines is 2. The number of hydrogen-bond acceptors (Lipinski definition) is 7. The number of pyridine rings is 1. The quantitative estimate of drug-likeness (QED) is 0.294. The second kappa shape index (κ2) is 10.9. The Morgan fingerprint density at radius 2 is 1.77 bits per heavy atom. The number of benzene rings is 2. The van der Waals surface area contributed by atoms with Gasteiger partial charge in [-0.05, 0) is 41.5 Å². The molecule has 196 valence electrons. The number of halogens is 1. The Bertz CT molecular complexity index is 1620. The maximum absolute atomic E-state index is 14.6. The number of nitrogens with zero attached hydrogens (tertiary/aromatic N) is 5. The van der Waals surface area contributed by atoms with Crippen molar-refractivity contribution in [3.63, 3.8) is 0 Å². The SMILES string of the molecule is O=C(Nc1cncnc1)Nc1cc(F)cc(-c2n[nH]c3ncc(-c4cccc(CN5CCOCC5)c4)cc23)c1. The molecule has 1 aliphatic rings. The predicted octanol–water partition coefficient (Wildman–Crippen LogP) is 4.70. The van der Waals surface area contributed by atoms with Crippen LogP contribution in [0.2, 0.25) is 0 Å². The molecule has 11 heteroatoms. The van der Waals surface area contributed by atoms with Crippen molar-refractivity contribution in [2.45, 2.75) is 6.54 Å². The van der Waals surface area contributed by atoms with Crippen molar-refractivity contribution in [3.05, 3.63) is 84.8 Å². The fourth-order valence-electron chi connectivity index (χ4n) is 4.60. The van der Waals surface area contributed by atoms with Crippen LogP contribution in [0.1, 0.15) is 5.56 Å². The van der Waals surface area contributed by atoms with E-state index in [2.05, 4.69) is 52.8 Å². The first-order valence-corrected chi connectivity index (χ1v) is 12.5. The molecule has 3 aromatic heterocycles. The zero-order chi connectivity index (χ0) is 26.6. The Morgan fingerprint density at radius 1 is 0.949 bits per heavy atom. The number of carbonyl (C=O) groups is 1. The first-order valence-electron chi connectivity index (χ1n) is 12.5. The van der Waals surface area contributed by atoms with Crippen LogP contribution in [-0.4, -0.2) is 62.4 Å². The Morgan fingerprint density at radius 3 is 2.62 bits per heavy atom. The lowest BCUT2D eigenvalue weighted by Gasteiger charge is -2.26. The molecular weight excluding hydrogens is 499 g/mol. The lowest BCUT2D eigenvalue weighted by molar-refractivity contribution is 0.0342. The highest BCUT2D eigenvalue weighted by Crippen LogP contribution is 2.31. The third-order valence-electron chi connectivity index (χ3n) is 6.43. The third-order valence-corrected chi connectivity index (χ3v) is 6.43. The topological polar surface area (TPSA) is 121 Å². The van der Waals surface area contributed by atoms with Crippen LogP contribution in [0.3, 0.4) is 0 Å². The lowest BCUT2D eigenvalue weighted by Crippen LogP contribution is -2.35. The monoisotopic (exact) mass is 524 g/mol. The van der Waals surface area contributed by atoms with E-state index in [4.69, 9.17) is 4.74 Å². The molecule has 4 heterocycles. The van der Waals surface area contributed by atoms with E-state index in [0.717, 1.165) is 49.4 Å². The van der Waals surface area contributed by atoms with Gasteiger partial charge >= 0.3 is 6.03 Å². The van der Waals surface area contributed by atoms with E-state index in [1.807, 2.05) is 18.2 Å². The number of ether oxygens (including phenoxy) is 1. The molecule has 0 saturated carbocycles. The standard InChI is InChI=1S/C28H25FN8O2/c29-22-9-20(10-23(12-22)33-28(38)34-24-14-30-17-31-15-24)26-25-11-21(13-32-27(25)36-35-26)19-3-1-2-18(8-19)16-37-4-6-39-7-5-37/h1-3,8-15,17H,4-7,16H2,(H,32,35,36)(H2,33,34,38). The van der Waals surface area contributed by atoms with Crippen molar-refractivity contribution in [2.75, 3.05) is 36.9 Å². The van der Waals surface area contributed by atoms with Crippen LogP contribution in [-0.2, 0) is 11.3 Å². The summed E-state index contributed by atoms with van der Waals surface area (Å²) >= 11 is 0. The molecule has 0 spiro atoms. The summed E-state index contributed by atoms with van der Waals surface area (Å²) in [5.74, 6) is -0.512. The number of H-pyrrole nitrogens is 1. The highest BCUT2D eigenvalue weighted by atomic mass is 19.1. The van der Waals surface area contributed by atoms with Crippen molar-refractivity contribution in [1.82, 2.24) is 30.0 Å². The van der Waals surface area contributed by atoms with E-state index < -0.39 is 11.8 Å². The fraction of sp³-hybridized carbons (Fsp3) is 0.179. The molecule has 1 fully saturated rings. The Kier molecular flexibility index (Phi) is 6.89. The number of nitrogens with one attached hydrogen (secondary N) is 3. The van der Waals surface area contributed by atoms with Gasteiger partial charge in [-0.15, -0.1) is 0 Å². The molecule has 2 aromatic carbocycles. The van der Waals surface area contributed by atoms with E-state index >= 15 is 0 Å². The molecule has 0 radical (unpaired) electrons. The summed E-state index contributed by atoms with van der Waals surface area (Å²) in [6.45, 7) is 4.21. The average molecular weight is 525 g/mol. The normalized spacial score (nSPS) is 13.9. The van der Waals surface area contributed by atoms with Gasteiger partial charge in [0.2, 0.25) is 0 Å². The third kappa shape index (κ3) is 5.74. The minimum Gasteiger partial charge on any atom is -0.379 e. The highest BCUT2D eigenvalue weighted by Gasteiger charge is 2.15. The first-order chi connectivity index (χ1) is 19.1. The van der Waals surface area contributed by atoms with Gasteiger partial charge in [-0.1, -0.05) is 18.2 Å². The van der Waals surface area contributed by atoms with Gasteiger partial charge in [-0.25, -0.2) is 24.1 Å². The van der Waals surface area contributed by atoms with Gasteiger partial charge in [0.1, 0.15) is 17.8 Å². The van der Waals surface area contributed by atoms with Gasteiger partial charge in [0, 0.05) is 48.0 Å². The summed E-state index contributed by atoms with van der Waals surface area (Å²) in [7, 11) is 0. The van der Waals surface area contributed by atoms with Crippen LogP contribution in [0.5, 0.6) is 0 Å². The van der Waals surface area contributed by atoms with E-state index in [1.54, 1.807) is 12.3 Å². The molecule has 39 heavy (non-hydrogen) atoms. The zero-order valence-electron chi connectivity index (χ0n) is 20.9. The maximum atomic E-state index is 14.6. The summed E-state index contributed by atoms with van der Waals surface area (Å²) in [6.07, 6.45) is 6.08. The summed E-state index contributed by atoms with van der Waals surface area (Å²) in [5, 5.41) is 13.3. The molecule has 0 aliphatic carbocycles. The van der Waals surface area contributed by atoms with Crippen LogP contribution in [0.15, 0.2) is 73.4 Å². The molecule has 5 aromatic rings. The van der Waals surface area contributed by atoms with E-state index in [9.17, 15) is 9.18 Å². The number of fused-ring (bicyclic) bond motifs is 1. The lowest BCUT2D eigenvalue weighted by atomic mass is 10.0. The van der Waals surface area contributed by atoms with Crippen LogP contribution in [0, 0.1) is 5.82 Å². The number of carbonyl (C=O) groups excluding carboxylic acids is 1. The number of urea groups is 1. The van der Waals surface area contributed by atoms with Gasteiger partial charge in [-0.3, -0.25) is 10.00 Å². The fourth-order valence-corrected chi connectivity index (χ4v) is 4.60. The van der Waals surface area contributed by atoms with Crippen molar-refractivity contribution < 1.29 is 13.9 Å². The summed E-state index contributed by atoms with van der Waals surface area (Å²) in [5.41, 5.74) is 5.47. The van der Waals surface area contributed by atoms with Gasteiger partial charge in [-0.2, -0.15) is 5.10 Å². The van der Waals surface area contributed by atoms with Gasteiger partial charge in [0.15, 0.2) is 5.65 Å². The number of hydrogen-bond donors (Lipinski definition) is 3. The van der Waals surface area contributed by atoms with Gasteiger partial charge in [0.05, 0.1) is 31.3 Å². The second-order valence-corrected chi connectivity index (χ2v) is 9.22. The molecule has 0 bridgehead atoms. The molecule has 1 saturated heterocycles. The van der Waals surface area contributed by atoms with Crippen molar-refractivity contribution in [1.29, 1.82) is 0 Å². The molecule has 2 amide bonds. The zero-order valence-corrected chi connectivity index (χ0v) is 20.9. The second-order valence-electron chi connectivity index (χ2n) is 9.22. The van der Waals surface area contributed by atoms with Gasteiger partial charge < -0.3 is 15.4 Å². The van der Waals surface area contributed by atoms with Gasteiger partial charge in [0.25, 0.3) is 0 Å². The predicted molar refractivity (Wildman–Crippen MR) is 145 cm³/mol. The average Bonchev–Trinajstić information content (AvgIpc) is 3.37. The number of amides is 2. The minimum atomic E-state index is -0.547. The van der Waals surface area contributed by atoms with Crippen LogP contribution in [0.25, 0.3) is 33.4 Å². The van der Waals surface area contributed by atoms with Crippen LogP contribution in [0.4, 0.5) is 20.6 Å². The number of aromatic nitrogens is 5. The van der Waals surface area contributed by atoms with Crippen molar-refractivity contribution in [2.24, 2.45) is 0 Å². The van der Waals surface area contributed by atoms with Crippen molar-refractivity contribution in [3.8, 4) is 22.4 Å². The minimum absolute atomic E-state index is 0.274. The Labute approximate surface area is 223 Å². The molecule has 1 aliphatic heterocycles. The van der Waals surface area contributed by atoms with E-state index in [0.29, 0.717) is 22.6 Å². The largest absolute Gasteiger partial charge is 0.379 e. The summed E-state index contributed by atoms with van der Waals surface area (Å²) in [6, 6.07) is 14.1. The first kappa shape index (κ1) is 24.6. The highest BCUT2D eigenvalue weighted by molar-refractivity contribution is 6.00. The molecule has 6 rings (SSSR count). The van der Waals surface area contributed by atoms with E-state index in [1.165, 1.54) is 36.4 Å². The van der Waals surface area contributed by atoms with Crippen molar-refractivity contribution >= 4 is 28.4 Å². The Hall–Kier alpha value is -4.74. The Balaban J connectivity index is 1.26. The number of aromatic amines is 1. The molecule has 0 unspecified atom stereocenters. The molecule has 3 N–H and O–H groups in total. The summed E-state index contributed by atoms with van der Waals surface area (Å²) < 4.78 is 20.1. The van der Waals surface area contributed by atoms with Crippen LogP contribution < -0.4 is 10.6 Å². The molecular formula is C28H25FN8O2. The van der Waals surface area contributed by atoms with E-state index in [-0.39, 0.29) is 5.69 Å². The molecule has 0 atom stereocenters. The maximum Gasteiger partial charge on any atom is 0.323 e. The number of morpholine rings is 1. The van der Waals surface area contributed by atoms with Crippen LogP contribution >= 0.6 is 0 Å². The number of rotatable bonds is 6. The summed E-state index contributed by atoms with van der Waals surface area (Å²) in [4.78, 5) is 27.1. The molecule has 10 nitrogen and oxygen atoms in total.